The number of likely N-dealkylation sites (tertiary alicyclic amines) is 1. The van der Waals surface area contributed by atoms with Crippen LogP contribution in [-0.2, 0) is 23.2 Å². The molecule has 1 N–H and O–H groups in total. The van der Waals surface area contributed by atoms with Crippen LogP contribution in [0.3, 0.4) is 0 Å². The van der Waals surface area contributed by atoms with Crippen LogP contribution in [0.5, 0.6) is 0 Å². The Hall–Kier alpha value is -3.45. The zero-order chi connectivity index (χ0) is 23.4. The maximum absolute atomic E-state index is 12.6. The second kappa shape index (κ2) is 10.0. The molecule has 1 fully saturated rings. The molecule has 7 nitrogen and oxygen atoms in total. The van der Waals surface area contributed by atoms with Gasteiger partial charge in [0.05, 0.1) is 6.54 Å². The SMILES string of the molecule is CN1CCC(C(=O)Nc2ccc(C=CC(=O)N(C)Cc3cc4ccccc4n3C)cn2)CC1. The number of carbonyl (C=O) groups excluding carboxylic acids is 2. The highest BCUT2D eigenvalue weighted by Gasteiger charge is 2.23. The number of aromatic nitrogens is 2. The third kappa shape index (κ3) is 5.49. The Morgan fingerprint density at radius 3 is 2.61 bits per heavy atom. The first-order valence-corrected chi connectivity index (χ1v) is 11.3. The molecule has 0 spiro atoms. The number of nitrogens with zero attached hydrogens (tertiary/aromatic N) is 4. The van der Waals surface area contributed by atoms with Crippen molar-refractivity contribution in [2.75, 3.05) is 32.5 Å². The molecule has 1 aromatic carbocycles. The molecule has 0 atom stereocenters. The summed E-state index contributed by atoms with van der Waals surface area (Å²) in [6, 6.07) is 13.9. The maximum Gasteiger partial charge on any atom is 0.246 e. The van der Waals surface area contributed by atoms with Crippen molar-refractivity contribution in [2.45, 2.75) is 19.4 Å². The van der Waals surface area contributed by atoms with Gasteiger partial charge in [-0.2, -0.15) is 0 Å². The van der Waals surface area contributed by atoms with Crippen LogP contribution in [0.1, 0.15) is 24.1 Å². The third-order valence-corrected chi connectivity index (χ3v) is 6.37. The predicted molar refractivity (Wildman–Crippen MR) is 132 cm³/mol. The van der Waals surface area contributed by atoms with Crippen molar-refractivity contribution in [3.63, 3.8) is 0 Å². The van der Waals surface area contributed by atoms with Crippen molar-refractivity contribution in [2.24, 2.45) is 13.0 Å². The fraction of sp³-hybridized carbons (Fsp3) is 0.346. The Morgan fingerprint density at radius 1 is 1.15 bits per heavy atom. The van der Waals surface area contributed by atoms with E-state index in [1.54, 1.807) is 36.4 Å². The molecule has 4 rings (SSSR count). The van der Waals surface area contributed by atoms with Crippen LogP contribution in [-0.4, -0.2) is 58.4 Å². The Morgan fingerprint density at radius 2 is 1.91 bits per heavy atom. The second-order valence-corrected chi connectivity index (χ2v) is 8.82. The lowest BCUT2D eigenvalue weighted by Gasteiger charge is -2.27. The zero-order valence-corrected chi connectivity index (χ0v) is 19.5. The smallest absolute Gasteiger partial charge is 0.246 e. The van der Waals surface area contributed by atoms with E-state index < -0.39 is 0 Å². The molecular formula is C26H31N5O2. The highest BCUT2D eigenvalue weighted by Crippen LogP contribution is 2.20. The summed E-state index contributed by atoms with van der Waals surface area (Å²) in [5.74, 6) is 0.525. The van der Waals surface area contributed by atoms with Crippen LogP contribution < -0.4 is 5.32 Å². The van der Waals surface area contributed by atoms with Gasteiger partial charge in [-0.3, -0.25) is 9.59 Å². The van der Waals surface area contributed by atoms with E-state index in [2.05, 4.69) is 45.0 Å². The summed E-state index contributed by atoms with van der Waals surface area (Å²) in [7, 11) is 5.89. The summed E-state index contributed by atoms with van der Waals surface area (Å²) < 4.78 is 2.12. The van der Waals surface area contributed by atoms with Crippen LogP contribution >= 0.6 is 0 Å². The normalized spacial score (nSPS) is 15.2. The van der Waals surface area contributed by atoms with Crippen molar-refractivity contribution in [3.8, 4) is 0 Å². The average Bonchev–Trinajstić information content (AvgIpc) is 3.14. The monoisotopic (exact) mass is 445 g/mol. The summed E-state index contributed by atoms with van der Waals surface area (Å²) in [6.45, 7) is 2.41. The first-order valence-electron chi connectivity index (χ1n) is 11.3. The van der Waals surface area contributed by atoms with E-state index in [4.69, 9.17) is 0 Å². The summed E-state index contributed by atoms with van der Waals surface area (Å²) >= 11 is 0. The molecule has 0 aliphatic carbocycles. The quantitative estimate of drug-likeness (QED) is 0.590. The van der Waals surface area contributed by atoms with E-state index in [-0.39, 0.29) is 17.7 Å². The molecule has 1 aliphatic heterocycles. The molecule has 0 unspecified atom stereocenters. The van der Waals surface area contributed by atoms with Gasteiger partial charge in [0.2, 0.25) is 11.8 Å². The first-order chi connectivity index (χ1) is 15.9. The minimum atomic E-state index is -0.0834. The predicted octanol–water partition coefficient (Wildman–Crippen LogP) is 3.53. The van der Waals surface area contributed by atoms with Gasteiger partial charge in [0.25, 0.3) is 0 Å². The lowest BCUT2D eigenvalue weighted by atomic mass is 9.96. The van der Waals surface area contributed by atoms with Crippen molar-refractivity contribution in [1.82, 2.24) is 19.4 Å². The molecule has 172 valence electrons. The molecule has 3 aromatic rings. The second-order valence-electron chi connectivity index (χ2n) is 8.82. The number of pyridine rings is 1. The van der Waals surface area contributed by atoms with Crippen molar-refractivity contribution >= 4 is 34.6 Å². The molecule has 0 bridgehead atoms. The van der Waals surface area contributed by atoms with Gasteiger partial charge in [-0.25, -0.2) is 4.98 Å². The van der Waals surface area contributed by atoms with Crippen LogP contribution in [0.15, 0.2) is 54.7 Å². The summed E-state index contributed by atoms with van der Waals surface area (Å²) in [4.78, 5) is 33.3. The highest BCUT2D eigenvalue weighted by atomic mass is 16.2. The Kier molecular flexibility index (Phi) is 6.89. The highest BCUT2D eigenvalue weighted by molar-refractivity contribution is 5.93. The first kappa shape index (κ1) is 22.7. The maximum atomic E-state index is 12.6. The molecule has 0 saturated carbocycles. The summed E-state index contributed by atoms with van der Waals surface area (Å²) in [6.07, 6.45) is 6.71. The standard InChI is InChI=1S/C26H31N5O2/c1-29-14-12-20(13-15-29)26(33)28-24-10-8-19(17-27-24)9-11-25(32)30(2)18-22-16-21-6-4-5-7-23(21)31(22)3/h4-11,16-17,20H,12-15,18H2,1-3H3,(H,27,28,33). The number of benzene rings is 1. The van der Waals surface area contributed by atoms with E-state index in [1.165, 1.54) is 5.39 Å². The number of likely N-dealkylation sites (N-methyl/N-ethyl adjacent to an activating group) is 1. The molecule has 0 radical (unpaired) electrons. The van der Waals surface area contributed by atoms with E-state index in [1.807, 2.05) is 25.2 Å². The summed E-state index contributed by atoms with van der Waals surface area (Å²) in [5.41, 5.74) is 3.03. The number of carbonyl (C=O) groups is 2. The van der Waals surface area contributed by atoms with Gasteiger partial charge in [-0.05, 0) is 74.3 Å². The van der Waals surface area contributed by atoms with Gasteiger partial charge < -0.3 is 19.7 Å². The fourth-order valence-corrected chi connectivity index (χ4v) is 4.19. The molecule has 7 heteroatoms. The van der Waals surface area contributed by atoms with Gasteiger partial charge in [0.1, 0.15) is 5.82 Å². The minimum Gasteiger partial charge on any atom is -0.346 e. The van der Waals surface area contributed by atoms with E-state index >= 15 is 0 Å². The number of piperidine rings is 1. The lowest BCUT2D eigenvalue weighted by Crippen LogP contribution is -2.36. The molecule has 2 amide bonds. The number of aryl methyl sites for hydroxylation is 1. The number of hydrogen-bond donors (Lipinski definition) is 1. The van der Waals surface area contributed by atoms with Gasteiger partial charge >= 0.3 is 0 Å². The van der Waals surface area contributed by atoms with E-state index in [0.29, 0.717) is 12.4 Å². The molecular weight excluding hydrogens is 414 g/mol. The number of nitrogens with one attached hydrogen (secondary N) is 1. The van der Waals surface area contributed by atoms with Crippen LogP contribution in [0, 0.1) is 5.92 Å². The van der Waals surface area contributed by atoms with Crippen molar-refractivity contribution in [3.05, 3.63) is 66.0 Å². The summed E-state index contributed by atoms with van der Waals surface area (Å²) in [5, 5.41) is 4.08. The van der Waals surface area contributed by atoms with Gasteiger partial charge in [0, 0.05) is 43.5 Å². The molecule has 33 heavy (non-hydrogen) atoms. The number of para-hydroxylation sites is 1. The van der Waals surface area contributed by atoms with Crippen LogP contribution in [0.4, 0.5) is 5.82 Å². The Balaban J connectivity index is 1.32. The number of anilines is 1. The van der Waals surface area contributed by atoms with Crippen LogP contribution in [0.25, 0.3) is 17.0 Å². The topological polar surface area (TPSA) is 70.5 Å². The van der Waals surface area contributed by atoms with E-state index in [9.17, 15) is 9.59 Å². The van der Waals surface area contributed by atoms with Gasteiger partial charge in [-0.1, -0.05) is 18.2 Å². The van der Waals surface area contributed by atoms with E-state index in [0.717, 1.165) is 42.7 Å². The lowest BCUT2D eigenvalue weighted by molar-refractivity contribution is -0.125. The zero-order valence-electron chi connectivity index (χ0n) is 19.5. The third-order valence-electron chi connectivity index (χ3n) is 6.37. The largest absolute Gasteiger partial charge is 0.346 e. The molecule has 1 saturated heterocycles. The van der Waals surface area contributed by atoms with Gasteiger partial charge in [-0.15, -0.1) is 0 Å². The number of fused-ring (bicyclic) bond motifs is 1. The number of amides is 2. The van der Waals surface area contributed by atoms with Crippen molar-refractivity contribution in [1.29, 1.82) is 0 Å². The van der Waals surface area contributed by atoms with Crippen molar-refractivity contribution < 1.29 is 9.59 Å². The van der Waals surface area contributed by atoms with Crippen LogP contribution in [0.2, 0.25) is 0 Å². The molecule has 2 aromatic heterocycles. The number of rotatable bonds is 6. The average molecular weight is 446 g/mol. The molecule has 3 heterocycles. The number of hydrogen-bond acceptors (Lipinski definition) is 4. The van der Waals surface area contributed by atoms with Gasteiger partial charge in [0.15, 0.2) is 0 Å². The Bertz CT molecular complexity index is 1160. The molecule has 1 aliphatic rings. The minimum absolute atomic E-state index is 0.0315. The Labute approximate surface area is 194 Å². The fourth-order valence-electron chi connectivity index (χ4n) is 4.19.